The molecule has 0 radical (unpaired) electrons. The summed E-state index contributed by atoms with van der Waals surface area (Å²) < 4.78 is 5.63. The Morgan fingerprint density at radius 1 is 1.30 bits per heavy atom. The number of aliphatic imine (C=N–C) groups is 1. The number of methoxy groups -OCH3 is 1. The van der Waals surface area contributed by atoms with Crippen LogP contribution < -0.4 is 5.73 Å². The number of guanidine groups is 1. The molecule has 5 nitrogen and oxygen atoms in total. The first-order valence-corrected chi connectivity index (χ1v) is 10.5. The Labute approximate surface area is 162 Å². The average molecular weight is 372 g/mol. The van der Waals surface area contributed by atoms with Gasteiger partial charge in [-0.2, -0.15) is 0 Å². The summed E-state index contributed by atoms with van der Waals surface area (Å²) in [7, 11) is 3.69. The van der Waals surface area contributed by atoms with Crippen molar-refractivity contribution in [3.05, 3.63) is 34.9 Å². The summed E-state index contributed by atoms with van der Waals surface area (Å²) in [6, 6.07) is 6.95. The van der Waals surface area contributed by atoms with Gasteiger partial charge in [0, 0.05) is 25.1 Å². The van der Waals surface area contributed by atoms with E-state index in [1.54, 1.807) is 5.06 Å². The summed E-state index contributed by atoms with van der Waals surface area (Å²) in [6.07, 6.45) is 10.4. The van der Waals surface area contributed by atoms with Crippen LogP contribution in [0.5, 0.6) is 0 Å². The van der Waals surface area contributed by atoms with Gasteiger partial charge in [0.1, 0.15) is 0 Å². The molecule has 1 aromatic carbocycles. The molecule has 2 aliphatic carbocycles. The second kappa shape index (κ2) is 7.10. The molecule has 4 rings (SSSR count). The molecule has 0 bridgehead atoms. The van der Waals surface area contributed by atoms with Gasteiger partial charge in [0.15, 0.2) is 0 Å². The molecule has 1 unspecified atom stereocenters. The highest BCUT2D eigenvalue weighted by Gasteiger charge is 2.63. The molecule has 27 heavy (non-hydrogen) atoms. The van der Waals surface area contributed by atoms with Crippen molar-refractivity contribution in [2.24, 2.45) is 16.1 Å². The maximum atomic E-state index is 6.46. The van der Waals surface area contributed by atoms with Crippen molar-refractivity contribution in [2.45, 2.75) is 76.5 Å². The topological polar surface area (TPSA) is 60.1 Å². The first kappa shape index (κ1) is 18.8. The van der Waals surface area contributed by atoms with E-state index in [-0.39, 0.29) is 5.41 Å². The largest absolute Gasteiger partial charge is 0.381 e. The third kappa shape index (κ3) is 2.95. The zero-order chi connectivity index (χ0) is 19.1. The Morgan fingerprint density at radius 2 is 2.07 bits per heavy atom. The van der Waals surface area contributed by atoms with Crippen LogP contribution in [-0.4, -0.2) is 31.3 Å². The molecule has 1 atom stereocenters. The Kier molecular flexibility index (Phi) is 4.93. The van der Waals surface area contributed by atoms with Crippen molar-refractivity contribution in [3.8, 4) is 0 Å². The minimum atomic E-state index is -0.666. The number of hydroxylamine groups is 2. The van der Waals surface area contributed by atoms with Crippen LogP contribution >= 0.6 is 0 Å². The molecule has 148 valence electrons. The van der Waals surface area contributed by atoms with Crippen LogP contribution in [0.15, 0.2) is 23.2 Å². The van der Waals surface area contributed by atoms with E-state index in [4.69, 9.17) is 20.3 Å². The summed E-state index contributed by atoms with van der Waals surface area (Å²) in [5.41, 5.74) is 9.50. The highest BCUT2D eigenvalue weighted by atomic mass is 16.7. The molecule has 2 N–H and O–H groups in total. The third-order valence-corrected chi connectivity index (χ3v) is 6.94. The molecule has 0 amide bonds. The standard InChI is InChI=1S/C22H33N3O2/c1-4-5-6-7-16-8-9-17-15-21(12-10-18(26-3)11-13-21)22(19(17)14-16)24-20(23)25(2)27-22/h8-9,14,18H,4-7,10-13,15H2,1-3H3,(H2,23,24)/t18-,21+,22?. The third-order valence-electron chi connectivity index (χ3n) is 6.94. The number of hydrogen-bond donors (Lipinski definition) is 1. The van der Waals surface area contributed by atoms with Crippen LogP contribution in [-0.2, 0) is 28.1 Å². The molecule has 1 aromatic rings. The Bertz CT molecular complexity index is 724. The molecular formula is C22H33N3O2. The van der Waals surface area contributed by atoms with E-state index in [9.17, 15) is 0 Å². The van der Waals surface area contributed by atoms with Gasteiger partial charge >= 0.3 is 0 Å². The van der Waals surface area contributed by atoms with E-state index in [1.165, 1.54) is 36.0 Å². The van der Waals surface area contributed by atoms with Crippen molar-refractivity contribution in [3.63, 3.8) is 0 Å². The predicted octanol–water partition coefficient (Wildman–Crippen LogP) is 3.90. The summed E-state index contributed by atoms with van der Waals surface area (Å²) in [5, 5.41) is 1.66. The molecule has 5 heteroatoms. The Hall–Kier alpha value is -1.59. The Balaban J connectivity index is 1.71. The average Bonchev–Trinajstić information content (AvgIpc) is 3.11. The molecule has 0 aromatic heterocycles. The van der Waals surface area contributed by atoms with Gasteiger partial charge in [-0.3, -0.25) is 0 Å². The molecule has 2 spiro atoms. The van der Waals surface area contributed by atoms with Gasteiger partial charge < -0.3 is 10.5 Å². The van der Waals surface area contributed by atoms with E-state index in [0.29, 0.717) is 12.1 Å². The fourth-order valence-electron chi connectivity index (χ4n) is 5.32. The molecule has 3 aliphatic rings. The first-order chi connectivity index (χ1) is 13.0. The van der Waals surface area contributed by atoms with Gasteiger partial charge in [-0.15, -0.1) is 0 Å². The number of hydrogen-bond acceptors (Lipinski definition) is 5. The van der Waals surface area contributed by atoms with Crippen LogP contribution in [0.3, 0.4) is 0 Å². The van der Waals surface area contributed by atoms with Crippen LogP contribution in [0, 0.1) is 5.41 Å². The fourth-order valence-corrected chi connectivity index (χ4v) is 5.32. The van der Waals surface area contributed by atoms with Gasteiger partial charge in [0.05, 0.1) is 6.10 Å². The van der Waals surface area contributed by atoms with E-state index >= 15 is 0 Å². The van der Waals surface area contributed by atoms with Crippen LogP contribution in [0.25, 0.3) is 0 Å². The second-order valence-corrected chi connectivity index (χ2v) is 8.54. The van der Waals surface area contributed by atoms with E-state index in [2.05, 4.69) is 25.1 Å². The first-order valence-electron chi connectivity index (χ1n) is 10.5. The fraction of sp³-hybridized carbons (Fsp3) is 0.682. The van der Waals surface area contributed by atoms with Gasteiger partial charge in [-0.1, -0.05) is 38.0 Å². The molecule has 1 saturated carbocycles. The lowest BCUT2D eigenvalue weighted by molar-refractivity contribution is -0.232. The summed E-state index contributed by atoms with van der Waals surface area (Å²) >= 11 is 0. The molecule has 0 saturated heterocycles. The lowest BCUT2D eigenvalue weighted by Crippen LogP contribution is -2.46. The molecule has 1 aliphatic heterocycles. The normalized spacial score (nSPS) is 32.3. The number of rotatable bonds is 5. The predicted molar refractivity (Wildman–Crippen MR) is 107 cm³/mol. The number of nitrogens with two attached hydrogens (primary N) is 1. The lowest BCUT2D eigenvalue weighted by atomic mass is 9.66. The summed E-state index contributed by atoms with van der Waals surface area (Å²) in [4.78, 5) is 11.4. The van der Waals surface area contributed by atoms with Crippen LogP contribution in [0.2, 0.25) is 0 Å². The zero-order valence-corrected chi connectivity index (χ0v) is 17.0. The van der Waals surface area contributed by atoms with Gasteiger partial charge in [-0.05, 0) is 56.1 Å². The van der Waals surface area contributed by atoms with Crippen molar-refractivity contribution in [1.29, 1.82) is 0 Å². The Morgan fingerprint density at radius 3 is 2.70 bits per heavy atom. The van der Waals surface area contributed by atoms with E-state index in [0.717, 1.165) is 38.5 Å². The number of unbranched alkanes of at least 4 members (excludes halogenated alkanes) is 2. The van der Waals surface area contributed by atoms with Gasteiger partial charge in [-0.25, -0.2) is 14.9 Å². The minimum Gasteiger partial charge on any atom is -0.381 e. The number of fused-ring (bicyclic) bond motifs is 3. The van der Waals surface area contributed by atoms with Gasteiger partial charge in [0.2, 0.25) is 11.7 Å². The summed E-state index contributed by atoms with van der Waals surface area (Å²) in [5.74, 6) is 0.479. The highest BCUT2D eigenvalue weighted by Crippen LogP contribution is 2.61. The minimum absolute atomic E-state index is 0.0260. The molecule has 1 heterocycles. The maximum absolute atomic E-state index is 6.46. The van der Waals surface area contributed by atoms with E-state index in [1.807, 2.05) is 14.2 Å². The molecular weight excluding hydrogens is 338 g/mol. The monoisotopic (exact) mass is 371 g/mol. The molecule has 1 fully saturated rings. The number of benzene rings is 1. The zero-order valence-electron chi connectivity index (χ0n) is 17.0. The second-order valence-electron chi connectivity index (χ2n) is 8.54. The lowest BCUT2D eigenvalue weighted by Gasteiger charge is -2.45. The maximum Gasteiger partial charge on any atom is 0.220 e. The van der Waals surface area contributed by atoms with E-state index < -0.39 is 5.72 Å². The van der Waals surface area contributed by atoms with Crippen LogP contribution in [0.1, 0.15) is 68.6 Å². The highest BCUT2D eigenvalue weighted by molar-refractivity contribution is 5.79. The van der Waals surface area contributed by atoms with Crippen molar-refractivity contribution >= 4 is 5.96 Å². The van der Waals surface area contributed by atoms with Gasteiger partial charge in [0.25, 0.3) is 0 Å². The SMILES string of the molecule is CCCCCc1ccc2c(c1)C1(N=C(N)N(C)O1)[C@]1(CC[C@@H](OC)CC1)C2. The quantitative estimate of drug-likeness (QED) is 0.798. The van der Waals surface area contributed by atoms with Crippen molar-refractivity contribution in [1.82, 2.24) is 5.06 Å². The number of ether oxygens (including phenoxy) is 1. The summed E-state index contributed by atoms with van der Waals surface area (Å²) in [6.45, 7) is 2.25. The van der Waals surface area contributed by atoms with Crippen LogP contribution in [0.4, 0.5) is 0 Å². The van der Waals surface area contributed by atoms with Crippen molar-refractivity contribution < 1.29 is 9.57 Å². The number of nitrogens with zero attached hydrogens (tertiary/aromatic N) is 2. The van der Waals surface area contributed by atoms with Crippen molar-refractivity contribution in [2.75, 3.05) is 14.2 Å². The smallest absolute Gasteiger partial charge is 0.220 e. The number of aryl methyl sites for hydroxylation is 1.